The number of aromatic nitrogens is 1. The topological polar surface area (TPSA) is 80.8 Å². The molecule has 7 nitrogen and oxygen atoms in total. The Bertz CT molecular complexity index is 803. The van der Waals surface area contributed by atoms with Gasteiger partial charge in [-0.15, -0.1) is 0 Å². The number of methoxy groups -OCH3 is 1. The quantitative estimate of drug-likeness (QED) is 0.811. The van der Waals surface area contributed by atoms with E-state index in [0.29, 0.717) is 38.2 Å². The van der Waals surface area contributed by atoms with E-state index in [4.69, 9.17) is 9.47 Å². The minimum atomic E-state index is -0.509. The average Bonchev–Trinajstić information content (AvgIpc) is 2.76. The number of nitrogens with one attached hydrogen (secondary N) is 1. The summed E-state index contributed by atoms with van der Waals surface area (Å²) in [5.41, 5.74) is 1.55. The molecule has 1 aliphatic heterocycles. The van der Waals surface area contributed by atoms with Gasteiger partial charge in [-0.2, -0.15) is 0 Å². The number of likely N-dealkylation sites (tertiary alicyclic amines) is 1. The first kappa shape index (κ1) is 20.6. The molecule has 2 amide bonds. The molecule has 1 saturated heterocycles. The zero-order valence-electron chi connectivity index (χ0n) is 16.8. The van der Waals surface area contributed by atoms with Crippen LogP contribution < -0.4 is 10.1 Å². The van der Waals surface area contributed by atoms with Crippen LogP contribution in [0.5, 0.6) is 5.75 Å². The van der Waals surface area contributed by atoms with Crippen LogP contribution >= 0.6 is 0 Å². The van der Waals surface area contributed by atoms with Crippen LogP contribution in [0.4, 0.5) is 4.79 Å². The van der Waals surface area contributed by atoms with E-state index >= 15 is 0 Å². The van der Waals surface area contributed by atoms with Crippen LogP contribution in [0.2, 0.25) is 0 Å². The first-order valence-electron chi connectivity index (χ1n) is 9.89. The molecule has 3 rings (SSSR count). The molecule has 7 heteroatoms. The molecule has 0 bridgehead atoms. The lowest BCUT2D eigenvalue weighted by Crippen LogP contribution is -2.47. The number of carbonyl (C=O) groups excluding carboxylic acids is 2. The molecule has 154 valence electrons. The fourth-order valence-electron chi connectivity index (χ4n) is 3.51. The van der Waals surface area contributed by atoms with Crippen molar-refractivity contribution in [3.8, 4) is 5.75 Å². The predicted molar refractivity (Wildman–Crippen MR) is 109 cm³/mol. The molecule has 0 spiro atoms. The lowest BCUT2D eigenvalue weighted by molar-refractivity contribution is -0.122. The first-order chi connectivity index (χ1) is 14.1. The molecule has 0 saturated carbocycles. The molecule has 1 fully saturated rings. The van der Waals surface area contributed by atoms with Crippen molar-refractivity contribution in [2.75, 3.05) is 26.8 Å². The second-order valence-corrected chi connectivity index (χ2v) is 6.93. The lowest BCUT2D eigenvalue weighted by atomic mass is 9.93. The monoisotopic (exact) mass is 397 g/mol. The predicted octanol–water partition coefficient (Wildman–Crippen LogP) is 2.96. The fraction of sp³-hybridized carbons (Fsp3) is 0.409. The molecule has 1 aromatic heterocycles. The van der Waals surface area contributed by atoms with Crippen LogP contribution in [0.3, 0.4) is 0 Å². The SMILES string of the molecule is CCOC(=O)N1CCC(NC(=O)C(c2ccc(OC)cc2)c2ccccn2)CC1. The summed E-state index contributed by atoms with van der Waals surface area (Å²) in [5, 5.41) is 3.15. The normalized spacial score (nSPS) is 15.4. The molecule has 1 N–H and O–H groups in total. The van der Waals surface area contributed by atoms with Gasteiger partial charge < -0.3 is 19.7 Å². The number of hydrogen-bond donors (Lipinski definition) is 1. The highest BCUT2D eigenvalue weighted by Gasteiger charge is 2.29. The number of rotatable bonds is 6. The van der Waals surface area contributed by atoms with Gasteiger partial charge in [-0.3, -0.25) is 9.78 Å². The largest absolute Gasteiger partial charge is 0.497 e. The second-order valence-electron chi connectivity index (χ2n) is 6.93. The molecule has 1 aromatic carbocycles. The standard InChI is InChI=1S/C22H27N3O4/c1-3-29-22(27)25-14-11-17(12-15-25)24-21(26)20(19-6-4-5-13-23-19)16-7-9-18(28-2)10-8-16/h4-10,13,17,20H,3,11-12,14-15H2,1-2H3,(H,24,26). The Hall–Kier alpha value is -3.09. The third-order valence-electron chi connectivity index (χ3n) is 5.06. The van der Waals surface area contributed by atoms with E-state index in [1.54, 1.807) is 25.1 Å². The zero-order chi connectivity index (χ0) is 20.6. The minimum Gasteiger partial charge on any atom is -0.497 e. The van der Waals surface area contributed by atoms with Crippen molar-refractivity contribution in [3.63, 3.8) is 0 Å². The maximum atomic E-state index is 13.2. The summed E-state index contributed by atoms with van der Waals surface area (Å²) in [6.07, 6.45) is 2.79. The number of ether oxygens (including phenoxy) is 2. The molecule has 1 atom stereocenters. The van der Waals surface area contributed by atoms with Gasteiger partial charge in [0.1, 0.15) is 11.7 Å². The van der Waals surface area contributed by atoms with Gasteiger partial charge >= 0.3 is 6.09 Å². The molecular formula is C22H27N3O4. The zero-order valence-corrected chi connectivity index (χ0v) is 16.8. The lowest BCUT2D eigenvalue weighted by Gasteiger charge is -2.32. The summed E-state index contributed by atoms with van der Waals surface area (Å²) in [6, 6.07) is 13.0. The fourth-order valence-corrected chi connectivity index (χ4v) is 3.51. The average molecular weight is 397 g/mol. The molecule has 2 heterocycles. The van der Waals surface area contributed by atoms with Crippen LogP contribution in [-0.2, 0) is 9.53 Å². The van der Waals surface area contributed by atoms with Crippen molar-refractivity contribution in [1.29, 1.82) is 0 Å². The number of benzene rings is 1. The van der Waals surface area contributed by atoms with Crippen LogP contribution in [0, 0.1) is 0 Å². The van der Waals surface area contributed by atoms with Gasteiger partial charge in [-0.1, -0.05) is 18.2 Å². The Morgan fingerprint density at radius 2 is 1.90 bits per heavy atom. The third-order valence-corrected chi connectivity index (χ3v) is 5.06. The molecule has 0 aliphatic carbocycles. The van der Waals surface area contributed by atoms with Gasteiger partial charge in [0.05, 0.1) is 19.4 Å². The Kier molecular flexibility index (Phi) is 7.05. The summed E-state index contributed by atoms with van der Waals surface area (Å²) in [7, 11) is 1.61. The number of amides is 2. The Balaban J connectivity index is 1.70. The number of hydrogen-bond acceptors (Lipinski definition) is 5. The third kappa shape index (κ3) is 5.25. The van der Waals surface area contributed by atoms with Crippen LogP contribution in [0.25, 0.3) is 0 Å². The van der Waals surface area contributed by atoms with Gasteiger partial charge in [0.2, 0.25) is 5.91 Å². The van der Waals surface area contributed by atoms with E-state index in [1.807, 2.05) is 42.5 Å². The van der Waals surface area contributed by atoms with Crippen molar-refractivity contribution in [3.05, 3.63) is 59.9 Å². The van der Waals surface area contributed by atoms with E-state index in [0.717, 1.165) is 11.3 Å². The minimum absolute atomic E-state index is 0.0117. The van der Waals surface area contributed by atoms with Gasteiger partial charge in [0, 0.05) is 25.3 Å². The van der Waals surface area contributed by atoms with Crippen molar-refractivity contribution >= 4 is 12.0 Å². The van der Waals surface area contributed by atoms with Gasteiger partial charge in [0.15, 0.2) is 0 Å². The summed E-state index contributed by atoms with van der Waals surface area (Å²) >= 11 is 0. The van der Waals surface area contributed by atoms with Crippen molar-refractivity contribution in [1.82, 2.24) is 15.2 Å². The van der Waals surface area contributed by atoms with Crippen molar-refractivity contribution < 1.29 is 19.1 Å². The maximum absolute atomic E-state index is 13.2. The molecule has 0 radical (unpaired) electrons. The smallest absolute Gasteiger partial charge is 0.409 e. The van der Waals surface area contributed by atoms with Crippen molar-refractivity contribution in [2.45, 2.75) is 31.7 Å². The summed E-state index contributed by atoms with van der Waals surface area (Å²) in [6.45, 7) is 3.30. The number of nitrogens with zero attached hydrogens (tertiary/aromatic N) is 2. The van der Waals surface area contributed by atoms with Crippen LogP contribution in [-0.4, -0.2) is 54.7 Å². The van der Waals surface area contributed by atoms with Gasteiger partial charge in [-0.05, 0) is 49.6 Å². The van der Waals surface area contributed by atoms with Gasteiger partial charge in [0.25, 0.3) is 0 Å². The van der Waals surface area contributed by atoms with Gasteiger partial charge in [-0.25, -0.2) is 4.79 Å². The Morgan fingerprint density at radius 1 is 1.17 bits per heavy atom. The van der Waals surface area contributed by atoms with Crippen LogP contribution in [0.15, 0.2) is 48.7 Å². The summed E-state index contributed by atoms with van der Waals surface area (Å²) < 4.78 is 10.3. The van der Waals surface area contributed by atoms with Crippen molar-refractivity contribution in [2.24, 2.45) is 0 Å². The Labute approximate surface area is 171 Å². The van der Waals surface area contributed by atoms with E-state index in [1.165, 1.54) is 0 Å². The maximum Gasteiger partial charge on any atom is 0.409 e. The number of piperidine rings is 1. The highest BCUT2D eigenvalue weighted by Crippen LogP contribution is 2.26. The molecule has 1 aliphatic rings. The Morgan fingerprint density at radius 3 is 2.48 bits per heavy atom. The molecular weight excluding hydrogens is 370 g/mol. The summed E-state index contributed by atoms with van der Waals surface area (Å²) in [5.74, 6) is 0.133. The number of carbonyl (C=O) groups is 2. The van der Waals surface area contributed by atoms with E-state index in [2.05, 4.69) is 10.3 Å². The van der Waals surface area contributed by atoms with E-state index in [9.17, 15) is 9.59 Å². The van der Waals surface area contributed by atoms with E-state index in [-0.39, 0.29) is 18.0 Å². The number of pyridine rings is 1. The molecule has 29 heavy (non-hydrogen) atoms. The molecule has 2 aromatic rings. The first-order valence-corrected chi connectivity index (χ1v) is 9.89. The highest BCUT2D eigenvalue weighted by atomic mass is 16.6. The van der Waals surface area contributed by atoms with Crippen LogP contribution in [0.1, 0.15) is 36.9 Å². The van der Waals surface area contributed by atoms with E-state index < -0.39 is 5.92 Å². The highest BCUT2D eigenvalue weighted by molar-refractivity contribution is 5.87. The molecule has 1 unspecified atom stereocenters. The summed E-state index contributed by atoms with van der Waals surface area (Å²) in [4.78, 5) is 31.1. The second kappa shape index (κ2) is 9.91.